The Bertz CT molecular complexity index is 1040. The predicted molar refractivity (Wildman–Crippen MR) is 119 cm³/mol. The Balaban J connectivity index is 1.39. The molecule has 0 radical (unpaired) electrons. The fourth-order valence-corrected chi connectivity index (χ4v) is 3.82. The first kappa shape index (κ1) is 21.1. The van der Waals surface area contributed by atoms with E-state index in [1.54, 1.807) is 24.2 Å². The summed E-state index contributed by atoms with van der Waals surface area (Å²) in [6, 6.07) is 9.62. The number of piperazine rings is 1. The molecule has 3 aromatic rings. The molecule has 162 valence electrons. The number of ether oxygens (including phenoxy) is 1. The smallest absolute Gasteiger partial charge is 0.244 e. The molecule has 0 unspecified atom stereocenters. The van der Waals surface area contributed by atoms with Crippen LogP contribution < -0.4 is 9.64 Å². The molecule has 8 nitrogen and oxygen atoms in total. The van der Waals surface area contributed by atoms with Gasteiger partial charge in [-0.1, -0.05) is 30.7 Å². The molecule has 3 heterocycles. The van der Waals surface area contributed by atoms with Gasteiger partial charge in [0.25, 0.3) is 0 Å². The number of rotatable bonds is 6. The van der Waals surface area contributed by atoms with Crippen LogP contribution in [0.4, 0.5) is 5.95 Å². The van der Waals surface area contributed by atoms with Gasteiger partial charge in [0.05, 0.1) is 25.2 Å². The number of benzene rings is 1. The maximum absolute atomic E-state index is 12.9. The highest BCUT2D eigenvalue weighted by atomic mass is 35.5. The summed E-state index contributed by atoms with van der Waals surface area (Å²) in [5.74, 6) is 1.34. The van der Waals surface area contributed by atoms with Crippen molar-refractivity contribution in [2.24, 2.45) is 0 Å². The van der Waals surface area contributed by atoms with Gasteiger partial charge >= 0.3 is 0 Å². The van der Waals surface area contributed by atoms with Crippen molar-refractivity contribution in [2.45, 2.75) is 19.9 Å². The second-order valence-electron chi connectivity index (χ2n) is 7.33. The summed E-state index contributed by atoms with van der Waals surface area (Å²) >= 11 is 6.12. The van der Waals surface area contributed by atoms with E-state index in [0.717, 1.165) is 23.4 Å². The molecule has 1 fully saturated rings. The lowest BCUT2D eigenvalue weighted by Crippen LogP contribution is -2.50. The van der Waals surface area contributed by atoms with Crippen molar-refractivity contribution in [3.05, 3.63) is 53.4 Å². The molecule has 0 saturated carbocycles. The Morgan fingerprint density at radius 1 is 1.13 bits per heavy atom. The summed E-state index contributed by atoms with van der Waals surface area (Å²) in [6.45, 7) is 4.91. The van der Waals surface area contributed by atoms with Crippen molar-refractivity contribution in [3.63, 3.8) is 0 Å². The van der Waals surface area contributed by atoms with Crippen molar-refractivity contribution in [2.75, 3.05) is 38.2 Å². The number of halogens is 1. The molecule has 9 heteroatoms. The molecular formula is C22H25ClN6O2. The SMILES string of the molecule is CCc1cc(-c2cccc(Cl)c2)nn1CC(=O)N1CCN(c2ncc(OC)cn2)CC1. The predicted octanol–water partition coefficient (Wildman–Crippen LogP) is 2.91. The minimum atomic E-state index is 0.0609. The van der Waals surface area contributed by atoms with Gasteiger partial charge in [0.2, 0.25) is 11.9 Å². The summed E-state index contributed by atoms with van der Waals surface area (Å²) in [5.41, 5.74) is 2.80. The Labute approximate surface area is 186 Å². The van der Waals surface area contributed by atoms with E-state index in [4.69, 9.17) is 16.3 Å². The van der Waals surface area contributed by atoms with Gasteiger partial charge in [-0.2, -0.15) is 5.10 Å². The molecule has 1 aliphatic heterocycles. The number of amides is 1. The van der Waals surface area contributed by atoms with E-state index in [1.165, 1.54) is 0 Å². The van der Waals surface area contributed by atoms with Gasteiger partial charge in [-0.3, -0.25) is 9.48 Å². The zero-order valence-electron chi connectivity index (χ0n) is 17.7. The summed E-state index contributed by atoms with van der Waals surface area (Å²) in [5, 5.41) is 5.34. The van der Waals surface area contributed by atoms with Crippen LogP contribution in [0.5, 0.6) is 5.75 Å². The number of hydrogen-bond acceptors (Lipinski definition) is 6. The second-order valence-corrected chi connectivity index (χ2v) is 7.77. The van der Waals surface area contributed by atoms with Gasteiger partial charge in [0.1, 0.15) is 6.54 Å². The molecule has 0 N–H and O–H groups in total. The minimum Gasteiger partial charge on any atom is -0.494 e. The van der Waals surface area contributed by atoms with Crippen molar-refractivity contribution < 1.29 is 9.53 Å². The molecule has 0 aliphatic carbocycles. The first-order valence-corrected chi connectivity index (χ1v) is 10.7. The highest BCUT2D eigenvalue weighted by Crippen LogP contribution is 2.23. The van der Waals surface area contributed by atoms with Crippen LogP contribution in [0.1, 0.15) is 12.6 Å². The molecule has 1 aromatic carbocycles. The number of anilines is 1. The van der Waals surface area contributed by atoms with Crippen molar-refractivity contribution in [1.82, 2.24) is 24.6 Å². The van der Waals surface area contributed by atoms with E-state index in [0.29, 0.717) is 42.9 Å². The first-order chi connectivity index (χ1) is 15.1. The molecule has 2 aromatic heterocycles. The van der Waals surface area contributed by atoms with Crippen molar-refractivity contribution in [1.29, 1.82) is 0 Å². The monoisotopic (exact) mass is 440 g/mol. The zero-order chi connectivity index (χ0) is 21.8. The van der Waals surface area contributed by atoms with E-state index >= 15 is 0 Å². The fraction of sp³-hybridized carbons (Fsp3) is 0.364. The number of carbonyl (C=O) groups excluding carboxylic acids is 1. The molecule has 0 atom stereocenters. The molecule has 1 aliphatic rings. The normalized spacial score (nSPS) is 14.0. The lowest BCUT2D eigenvalue weighted by molar-refractivity contribution is -0.132. The summed E-state index contributed by atoms with van der Waals surface area (Å²) in [7, 11) is 1.59. The minimum absolute atomic E-state index is 0.0609. The molecule has 1 saturated heterocycles. The number of methoxy groups -OCH3 is 1. The van der Waals surface area contributed by atoms with Crippen LogP contribution in [0.15, 0.2) is 42.7 Å². The number of nitrogens with zero attached hydrogens (tertiary/aromatic N) is 6. The lowest BCUT2D eigenvalue weighted by Gasteiger charge is -2.34. The maximum Gasteiger partial charge on any atom is 0.244 e. The molecule has 0 bridgehead atoms. The average Bonchev–Trinajstić information content (AvgIpc) is 3.22. The van der Waals surface area contributed by atoms with Crippen LogP contribution in [-0.4, -0.2) is 63.8 Å². The van der Waals surface area contributed by atoms with E-state index in [2.05, 4.69) is 26.9 Å². The molecule has 4 rings (SSSR count). The number of carbonyl (C=O) groups is 1. The van der Waals surface area contributed by atoms with Gasteiger partial charge < -0.3 is 14.5 Å². The maximum atomic E-state index is 12.9. The third-order valence-electron chi connectivity index (χ3n) is 5.40. The third-order valence-corrected chi connectivity index (χ3v) is 5.63. The van der Waals surface area contributed by atoms with E-state index < -0.39 is 0 Å². The largest absolute Gasteiger partial charge is 0.494 e. The summed E-state index contributed by atoms with van der Waals surface area (Å²) in [6.07, 6.45) is 4.10. The van der Waals surface area contributed by atoms with Gasteiger partial charge in [-0.05, 0) is 24.6 Å². The number of hydrogen-bond donors (Lipinski definition) is 0. The standard InChI is InChI=1S/C22H25ClN6O2/c1-3-18-12-20(16-5-4-6-17(23)11-16)26-29(18)15-21(30)27-7-9-28(10-8-27)22-24-13-19(31-2)14-25-22/h4-6,11-14H,3,7-10,15H2,1-2H3. The van der Waals surface area contributed by atoms with Crippen LogP contribution in [0, 0.1) is 0 Å². The summed E-state index contributed by atoms with van der Waals surface area (Å²) < 4.78 is 6.91. The van der Waals surface area contributed by atoms with E-state index in [9.17, 15) is 4.79 Å². The number of aryl methyl sites for hydroxylation is 1. The van der Waals surface area contributed by atoms with Crippen LogP contribution in [0.3, 0.4) is 0 Å². The lowest BCUT2D eigenvalue weighted by atomic mass is 10.1. The second kappa shape index (κ2) is 9.34. The number of aromatic nitrogens is 4. The average molecular weight is 441 g/mol. The molecule has 0 spiro atoms. The van der Waals surface area contributed by atoms with Gasteiger partial charge in [0.15, 0.2) is 5.75 Å². The molecular weight excluding hydrogens is 416 g/mol. The van der Waals surface area contributed by atoms with Crippen LogP contribution in [-0.2, 0) is 17.8 Å². The first-order valence-electron chi connectivity index (χ1n) is 10.3. The van der Waals surface area contributed by atoms with Gasteiger partial charge in [0, 0.05) is 42.5 Å². The Hall–Kier alpha value is -3.13. The van der Waals surface area contributed by atoms with Gasteiger partial charge in [-0.25, -0.2) is 9.97 Å². The quantitative estimate of drug-likeness (QED) is 0.586. The highest BCUT2D eigenvalue weighted by molar-refractivity contribution is 6.30. The fourth-order valence-electron chi connectivity index (χ4n) is 3.63. The van der Waals surface area contributed by atoms with Crippen molar-refractivity contribution >= 4 is 23.5 Å². The summed E-state index contributed by atoms with van der Waals surface area (Å²) in [4.78, 5) is 25.6. The van der Waals surface area contributed by atoms with Crippen LogP contribution in [0.25, 0.3) is 11.3 Å². The molecule has 1 amide bonds. The zero-order valence-corrected chi connectivity index (χ0v) is 18.4. The Morgan fingerprint density at radius 2 is 1.87 bits per heavy atom. The van der Waals surface area contributed by atoms with Crippen LogP contribution >= 0.6 is 11.6 Å². The van der Waals surface area contributed by atoms with E-state index in [1.807, 2.05) is 35.2 Å². The Morgan fingerprint density at radius 3 is 2.52 bits per heavy atom. The third kappa shape index (κ3) is 4.80. The van der Waals surface area contributed by atoms with Gasteiger partial charge in [-0.15, -0.1) is 0 Å². The van der Waals surface area contributed by atoms with Crippen molar-refractivity contribution in [3.8, 4) is 17.0 Å². The highest BCUT2D eigenvalue weighted by Gasteiger charge is 2.23. The topological polar surface area (TPSA) is 76.4 Å². The Kier molecular flexibility index (Phi) is 6.36. The van der Waals surface area contributed by atoms with E-state index in [-0.39, 0.29) is 12.5 Å². The van der Waals surface area contributed by atoms with Crippen LogP contribution in [0.2, 0.25) is 5.02 Å². The molecule has 31 heavy (non-hydrogen) atoms.